The first-order chi connectivity index (χ1) is 9.85. The van der Waals surface area contributed by atoms with Crippen molar-refractivity contribution in [3.63, 3.8) is 0 Å². The van der Waals surface area contributed by atoms with Gasteiger partial charge in [-0.05, 0) is 24.6 Å². The molecule has 21 heavy (non-hydrogen) atoms. The number of fused-ring (bicyclic) bond motifs is 1. The van der Waals surface area contributed by atoms with Gasteiger partial charge in [0.1, 0.15) is 0 Å². The Morgan fingerprint density at radius 2 is 2.14 bits per heavy atom. The molecule has 8 heteroatoms. The lowest BCUT2D eigenvalue weighted by Gasteiger charge is -2.35. The molecule has 1 aromatic rings. The van der Waals surface area contributed by atoms with E-state index >= 15 is 0 Å². The zero-order valence-corrected chi connectivity index (χ0v) is 11.9. The number of hydrogen-bond acceptors (Lipinski definition) is 5. The molecule has 0 spiro atoms. The Hall–Kier alpha value is -2.09. The fourth-order valence-corrected chi connectivity index (χ4v) is 4.53. The summed E-state index contributed by atoms with van der Waals surface area (Å²) in [5.41, 5.74) is 1.16. The van der Waals surface area contributed by atoms with E-state index in [0.29, 0.717) is 17.8 Å². The van der Waals surface area contributed by atoms with Crippen LogP contribution in [0.25, 0.3) is 0 Å². The lowest BCUT2D eigenvalue weighted by molar-refractivity contribution is -0.115. The summed E-state index contributed by atoms with van der Waals surface area (Å²) in [4.78, 5) is 24.5. The van der Waals surface area contributed by atoms with Crippen LogP contribution in [-0.4, -0.2) is 49.5 Å². The van der Waals surface area contributed by atoms with Crippen molar-refractivity contribution < 1.29 is 23.1 Å². The van der Waals surface area contributed by atoms with Crippen LogP contribution in [0.15, 0.2) is 18.2 Å². The van der Waals surface area contributed by atoms with E-state index in [-0.39, 0.29) is 35.6 Å². The number of nitrogens with zero attached hydrogens (tertiary/aromatic N) is 1. The molecule has 1 aromatic carbocycles. The largest absolute Gasteiger partial charge is 0.478 e. The smallest absolute Gasteiger partial charge is 0.335 e. The number of carboxylic acid groups (broad SMARTS) is 1. The Bertz CT molecular complexity index is 728. The SMILES string of the molecule is O=C1CN(C2CCS(=O)(=O)C2)c2ccc(C(=O)O)cc2N1. The Labute approximate surface area is 121 Å². The fraction of sp³-hybridized carbons (Fsp3) is 0.385. The van der Waals surface area contributed by atoms with Crippen LogP contribution in [0.3, 0.4) is 0 Å². The van der Waals surface area contributed by atoms with E-state index in [1.807, 2.05) is 0 Å². The van der Waals surface area contributed by atoms with Gasteiger partial charge in [-0.15, -0.1) is 0 Å². The van der Waals surface area contributed by atoms with Gasteiger partial charge in [-0.25, -0.2) is 13.2 Å². The van der Waals surface area contributed by atoms with Crippen LogP contribution in [0.5, 0.6) is 0 Å². The molecule has 7 nitrogen and oxygen atoms in total. The van der Waals surface area contributed by atoms with Crippen LogP contribution in [0.1, 0.15) is 16.8 Å². The minimum atomic E-state index is -3.05. The number of amides is 1. The van der Waals surface area contributed by atoms with Gasteiger partial charge in [0.25, 0.3) is 0 Å². The highest BCUT2D eigenvalue weighted by molar-refractivity contribution is 7.91. The third-order valence-corrected chi connectivity index (χ3v) is 5.54. The minimum absolute atomic E-state index is 0.0282. The molecule has 2 heterocycles. The summed E-state index contributed by atoms with van der Waals surface area (Å²) in [6.07, 6.45) is 0.482. The number of hydrogen-bond donors (Lipinski definition) is 2. The zero-order chi connectivity index (χ0) is 15.2. The average Bonchev–Trinajstić information content (AvgIpc) is 2.77. The molecule has 1 unspecified atom stereocenters. The summed E-state index contributed by atoms with van der Waals surface area (Å²) < 4.78 is 23.2. The summed E-state index contributed by atoms with van der Waals surface area (Å²) in [6, 6.07) is 4.22. The number of carbonyl (C=O) groups excluding carboxylic acids is 1. The Balaban J connectivity index is 1.98. The zero-order valence-electron chi connectivity index (χ0n) is 11.1. The van der Waals surface area contributed by atoms with Gasteiger partial charge in [0.05, 0.1) is 35.0 Å². The molecular formula is C13H14N2O5S. The van der Waals surface area contributed by atoms with Gasteiger partial charge in [-0.3, -0.25) is 4.79 Å². The summed E-state index contributed by atoms with van der Waals surface area (Å²) in [7, 11) is -3.05. The van der Waals surface area contributed by atoms with Crippen LogP contribution in [0.4, 0.5) is 11.4 Å². The van der Waals surface area contributed by atoms with Crippen molar-refractivity contribution in [1.29, 1.82) is 0 Å². The Kier molecular flexibility index (Phi) is 3.12. The van der Waals surface area contributed by atoms with Crippen molar-refractivity contribution in [2.24, 2.45) is 0 Å². The number of rotatable bonds is 2. The summed E-state index contributed by atoms with van der Waals surface area (Å²) in [6.45, 7) is 0.0829. The molecule has 3 rings (SSSR count). The normalized spacial score (nSPS) is 23.5. The quantitative estimate of drug-likeness (QED) is 0.816. The maximum absolute atomic E-state index is 11.8. The summed E-state index contributed by atoms with van der Waals surface area (Å²) in [5.74, 6) is -1.19. The molecule has 0 aliphatic carbocycles. The fourth-order valence-electron chi connectivity index (χ4n) is 2.80. The van der Waals surface area contributed by atoms with Gasteiger partial charge in [0, 0.05) is 6.04 Å². The van der Waals surface area contributed by atoms with E-state index < -0.39 is 15.8 Å². The second kappa shape index (κ2) is 4.73. The number of nitrogens with one attached hydrogen (secondary N) is 1. The monoisotopic (exact) mass is 310 g/mol. The van der Waals surface area contributed by atoms with Crippen molar-refractivity contribution in [2.75, 3.05) is 28.3 Å². The van der Waals surface area contributed by atoms with Gasteiger partial charge in [-0.1, -0.05) is 0 Å². The predicted molar refractivity (Wildman–Crippen MR) is 76.4 cm³/mol. The van der Waals surface area contributed by atoms with Crippen LogP contribution < -0.4 is 10.2 Å². The minimum Gasteiger partial charge on any atom is -0.478 e. The van der Waals surface area contributed by atoms with E-state index in [4.69, 9.17) is 5.11 Å². The van der Waals surface area contributed by atoms with Crippen molar-refractivity contribution in [3.8, 4) is 0 Å². The van der Waals surface area contributed by atoms with Gasteiger partial charge in [-0.2, -0.15) is 0 Å². The van der Waals surface area contributed by atoms with Crippen LogP contribution in [0, 0.1) is 0 Å². The molecule has 0 aromatic heterocycles. The first-order valence-corrected chi connectivity index (χ1v) is 8.32. The topological polar surface area (TPSA) is 104 Å². The average molecular weight is 310 g/mol. The molecule has 1 amide bonds. The highest BCUT2D eigenvalue weighted by Gasteiger charge is 2.36. The van der Waals surface area contributed by atoms with E-state index in [2.05, 4.69) is 5.32 Å². The first kappa shape index (κ1) is 13.9. The first-order valence-electron chi connectivity index (χ1n) is 6.50. The predicted octanol–water partition coefficient (Wildman–Crippen LogP) is 0.330. The number of benzene rings is 1. The van der Waals surface area contributed by atoms with Crippen LogP contribution in [-0.2, 0) is 14.6 Å². The molecule has 2 N–H and O–H groups in total. The Morgan fingerprint density at radius 3 is 2.76 bits per heavy atom. The lowest BCUT2D eigenvalue weighted by Crippen LogP contribution is -2.45. The van der Waals surface area contributed by atoms with Crippen LogP contribution >= 0.6 is 0 Å². The van der Waals surface area contributed by atoms with Crippen molar-refractivity contribution in [1.82, 2.24) is 0 Å². The maximum Gasteiger partial charge on any atom is 0.335 e. The number of aromatic carboxylic acids is 1. The van der Waals surface area contributed by atoms with Gasteiger partial charge >= 0.3 is 5.97 Å². The van der Waals surface area contributed by atoms with Crippen molar-refractivity contribution in [2.45, 2.75) is 12.5 Å². The number of sulfone groups is 1. The third-order valence-electron chi connectivity index (χ3n) is 3.79. The van der Waals surface area contributed by atoms with Crippen molar-refractivity contribution >= 4 is 33.1 Å². The molecule has 2 aliphatic rings. The van der Waals surface area contributed by atoms with E-state index in [1.165, 1.54) is 12.1 Å². The molecule has 1 saturated heterocycles. The lowest BCUT2D eigenvalue weighted by atomic mass is 10.1. The molecule has 0 radical (unpaired) electrons. The van der Waals surface area contributed by atoms with E-state index in [1.54, 1.807) is 11.0 Å². The van der Waals surface area contributed by atoms with Crippen LogP contribution in [0.2, 0.25) is 0 Å². The standard InChI is InChI=1S/C13H14N2O5S/c16-12-6-15(9-3-4-21(19,20)7-9)11-2-1-8(13(17)18)5-10(11)14-12/h1-2,5,9H,3-4,6-7H2,(H,14,16)(H,17,18). The molecule has 0 saturated carbocycles. The third kappa shape index (κ3) is 2.58. The summed E-state index contributed by atoms with van der Waals surface area (Å²) in [5, 5.41) is 11.6. The summed E-state index contributed by atoms with van der Waals surface area (Å²) >= 11 is 0. The molecule has 0 bridgehead atoms. The second-order valence-corrected chi connectivity index (χ2v) is 7.50. The second-order valence-electron chi connectivity index (χ2n) is 5.27. The number of carbonyl (C=O) groups is 2. The van der Waals surface area contributed by atoms with E-state index in [0.717, 1.165) is 0 Å². The maximum atomic E-state index is 11.8. The van der Waals surface area contributed by atoms with Gasteiger partial charge in [0.15, 0.2) is 9.84 Å². The van der Waals surface area contributed by atoms with Crippen molar-refractivity contribution in [3.05, 3.63) is 23.8 Å². The highest BCUT2D eigenvalue weighted by Crippen LogP contribution is 2.34. The number of carboxylic acids is 1. The molecule has 2 aliphatic heterocycles. The number of anilines is 2. The van der Waals surface area contributed by atoms with Gasteiger partial charge in [0.2, 0.25) is 5.91 Å². The molecular weight excluding hydrogens is 296 g/mol. The van der Waals surface area contributed by atoms with Gasteiger partial charge < -0.3 is 15.3 Å². The Morgan fingerprint density at radius 1 is 1.38 bits per heavy atom. The highest BCUT2D eigenvalue weighted by atomic mass is 32.2. The molecule has 1 atom stereocenters. The molecule has 112 valence electrons. The van der Waals surface area contributed by atoms with E-state index in [9.17, 15) is 18.0 Å². The molecule has 1 fully saturated rings.